The fourth-order valence-electron chi connectivity index (χ4n) is 2.90. The predicted molar refractivity (Wildman–Crippen MR) is 149 cm³/mol. The zero-order chi connectivity index (χ0) is 34.2. The molecule has 244 valence electrons. The van der Waals surface area contributed by atoms with E-state index in [1.807, 2.05) is 0 Å². The molecule has 0 fully saturated rings. The van der Waals surface area contributed by atoms with Crippen molar-refractivity contribution in [1.29, 1.82) is 0 Å². The van der Waals surface area contributed by atoms with E-state index in [1.54, 1.807) is 4.98 Å². The van der Waals surface area contributed by atoms with Crippen LogP contribution in [0, 0.1) is 0 Å². The van der Waals surface area contributed by atoms with Gasteiger partial charge in [-0.2, -0.15) is 22.5 Å². The molecule has 0 spiro atoms. The average Bonchev–Trinajstić information content (AvgIpc) is 2.97. The number of alkyl halides is 4. The summed E-state index contributed by atoms with van der Waals surface area (Å²) in [6, 6.07) is 0. The number of H-pyrrole nitrogens is 1. The zero-order valence-electron chi connectivity index (χ0n) is 21.6. The van der Waals surface area contributed by atoms with Crippen LogP contribution in [0.2, 0.25) is 0 Å². The molecular weight excluding hydrogens is 746 g/mol. The van der Waals surface area contributed by atoms with Crippen molar-refractivity contribution in [1.82, 2.24) is 19.1 Å². The van der Waals surface area contributed by atoms with Gasteiger partial charge >= 0.3 is 35.0 Å². The fraction of sp³-hybridized carbons (Fsp3) is 0.364. The Kier molecular flexibility index (Phi) is 14.1. The number of aliphatic hydroxyl groups is 6. The minimum absolute atomic E-state index is 0.00202. The van der Waals surface area contributed by atoms with Crippen LogP contribution in [-0.4, -0.2) is 111 Å². The highest BCUT2D eigenvalue weighted by atomic mass is 79.9. The first kappa shape index (κ1) is 38.6. The molecule has 0 saturated heterocycles. The fourth-order valence-corrected chi connectivity index (χ4v) is 3.47. The van der Waals surface area contributed by atoms with Crippen LogP contribution in [0.4, 0.5) is 23.4 Å². The lowest BCUT2D eigenvalue weighted by Crippen LogP contribution is -2.53. The van der Waals surface area contributed by atoms with E-state index in [1.165, 1.54) is 16.0 Å². The Labute approximate surface area is 258 Å². The van der Waals surface area contributed by atoms with Crippen LogP contribution in [0.25, 0.3) is 12.2 Å². The van der Waals surface area contributed by atoms with Crippen LogP contribution in [0.15, 0.2) is 36.7 Å². The molecule has 2 aromatic rings. The number of aliphatic hydroxyl groups excluding tert-OH is 6. The van der Waals surface area contributed by atoms with Crippen LogP contribution < -0.4 is 22.7 Å². The summed E-state index contributed by atoms with van der Waals surface area (Å²) in [5, 5.41) is 53.6. The molecule has 44 heavy (non-hydrogen) atoms. The van der Waals surface area contributed by atoms with Crippen molar-refractivity contribution in [2.45, 2.75) is 36.3 Å². The van der Waals surface area contributed by atoms with E-state index in [0.717, 1.165) is 12.3 Å². The SMILES string of the molecule is Nc1nc(=O)n(C(=O)C(F)(F)[C@H](O)[C@H](O)CO)cc1C=CBr.O=C(n1cc(C=CBr)c(=O)[nH]c1=O)C(F)(F)[C@H](O)[C@H](O)CO. The first-order valence-corrected chi connectivity index (χ1v) is 13.2. The first-order valence-electron chi connectivity index (χ1n) is 11.4. The Morgan fingerprint density at radius 3 is 1.70 bits per heavy atom. The molecule has 2 rings (SSSR count). The smallest absolute Gasteiger partial charge is 0.356 e. The third-order valence-corrected chi connectivity index (χ3v) is 5.82. The van der Waals surface area contributed by atoms with Crippen LogP contribution in [0.5, 0.6) is 0 Å². The quantitative estimate of drug-likeness (QED) is 0.123. The number of aromatic amines is 1. The molecule has 0 bridgehead atoms. The van der Waals surface area contributed by atoms with Gasteiger partial charge in [-0.05, 0) is 22.1 Å². The molecular formula is C22H23Br2F4N5O11. The molecule has 0 aliphatic rings. The number of hydrogen-bond donors (Lipinski definition) is 8. The van der Waals surface area contributed by atoms with Crippen molar-refractivity contribution >= 4 is 61.6 Å². The van der Waals surface area contributed by atoms with Gasteiger partial charge in [0.2, 0.25) is 0 Å². The molecule has 22 heteroatoms. The summed E-state index contributed by atoms with van der Waals surface area (Å²) in [5.41, 5.74) is 1.39. The van der Waals surface area contributed by atoms with Gasteiger partial charge in [-0.25, -0.2) is 18.7 Å². The van der Waals surface area contributed by atoms with E-state index in [9.17, 15) is 51.7 Å². The number of anilines is 1. The highest BCUT2D eigenvalue weighted by Crippen LogP contribution is 2.24. The van der Waals surface area contributed by atoms with Gasteiger partial charge in [0, 0.05) is 18.0 Å². The molecule has 4 atom stereocenters. The maximum absolute atomic E-state index is 13.8. The Bertz CT molecular complexity index is 1580. The standard InChI is InChI=1S/C11H12BrF2N3O5.C11H11BrF2N2O6/c12-2-1-5-3-17(10(22)16-8(5)15)9(21)11(13,14)7(20)6(19)4-18;12-2-1-5-3-16(10(22)15-8(5)20)9(21)11(13,14)7(19)6(18)4-17/h1-3,6-7,18-20H,4H2,(H2,15,16,22);1-3,6-7,17-19H,4H2,(H,15,20,22)/t2*6-,7-/m11/s1. The van der Waals surface area contributed by atoms with Gasteiger partial charge in [0.05, 0.1) is 18.8 Å². The van der Waals surface area contributed by atoms with Gasteiger partial charge in [-0.1, -0.05) is 31.9 Å². The van der Waals surface area contributed by atoms with E-state index in [-0.39, 0.29) is 26.1 Å². The van der Waals surface area contributed by atoms with E-state index in [2.05, 4.69) is 36.8 Å². The second-order valence-corrected chi connectivity index (χ2v) is 9.34. The lowest BCUT2D eigenvalue weighted by Gasteiger charge is -2.24. The summed E-state index contributed by atoms with van der Waals surface area (Å²) in [7, 11) is 0. The maximum Gasteiger partial charge on any atom is 0.356 e. The molecule has 2 heterocycles. The van der Waals surface area contributed by atoms with Crippen molar-refractivity contribution in [3.8, 4) is 0 Å². The summed E-state index contributed by atoms with van der Waals surface area (Å²) < 4.78 is 55.1. The summed E-state index contributed by atoms with van der Waals surface area (Å²) in [6.45, 7) is -2.42. The van der Waals surface area contributed by atoms with Crippen LogP contribution in [-0.2, 0) is 0 Å². The molecule has 0 aromatic carbocycles. The minimum atomic E-state index is -4.57. The number of carbonyl (C=O) groups is 2. The Hall–Kier alpha value is -3.38. The van der Waals surface area contributed by atoms with Crippen LogP contribution in [0.1, 0.15) is 20.7 Å². The Morgan fingerprint density at radius 1 is 0.864 bits per heavy atom. The average molecular weight is 769 g/mol. The largest absolute Gasteiger partial charge is 0.394 e. The van der Waals surface area contributed by atoms with E-state index < -0.39 is 78.2 Å². The summed E-state index contributed by atoms with van der Waals surface area (Å²) in [5.74, 6) is -13.7. The molecule has 0 saturated carbocycles. The van der Waals surface area contributed by atoms with E-state index in [4.69, 9.17) is 26.2 Å². The zero-order valence-corrected chi connectivity index (χ0v) is 24.8. The number of halogens is 6. The highest BCUT2D eigenvalue weighted by molar-refractivity contribution is 9.11. The number of nitrogens with zero attached hydrogens (tertiary/aromatic N) is 3. The van der Waals surface area contributed by atoms with Crippen molar-refractivity contribution in [2.75, 3.05) is 18.9 Å². The van der Waals surface area contributed by atoms with Gasteiger partial charge in [-0.3, -0.25) is 19.4 Å². The second-order valence-electron chi connectivity index (χ2n) is 8.28. The lowest BCUT2D eigenvalue weighted by atomic mass is 10.1. The normalized spacial score (nSPS) is 15.0. The number of nitrogens with one attached hydrogen (secondary N) is 1. The molecule has 0 unspecified atom stereocenters. The van der Waals surface area contributed by atoms with Crippen molar-refractivity contribution in [3.63, 3.8) is 0 Å². The molecule has 2 aromatic heterocycles. The number of hydrogen-bond acceptors (Lipinski definition) is 13. The Morgan fingerprint density at radius 2 is 1.27 bits per heavy atom. The second kappa shape index (κ2) is 16.1. The van der Waals surface area contributed by atoms with E-state index >= 15 is 0 Å². The number of nitrogen functional groups attached to an aromatic ring is 1. The molecule has 0 aliphatic heterocycles. The van der Waals surface area contributed by atoms with Crippen molar-refractivity contribution in [3.05, 3.63) is 64.8 Å². The lowest BCUT2D eigenvalue weighted by molar-refractivity contribution is -0.136. The maximum atomic E-state index is 13.8. The van der Waals surface area contributed by atoms with Gasteiger partial charge in [0.15, 0.2) is 12.2 Å². The highest BCUT2D eigenvalue weighted by Gasteiger charge is 2.52. The monoisotopic (exact) mass is 767 g/mol. The number of rotatable bonds is 10. The van der Waals surface area contributed by atoms with Crippen LogP contribution >= 0.6 is 31.9 Å². The molecule has 0 radical (unpaired) electrons. The number of carbonyl (C=O) groups excluding carboxylic acids is 2. The van der Waals surface area contributed by atoms with Gasteiger partial charge < -0.3 is 36.4 Å². The van der Waals surface area contributed by atoms with E-state index in [0.29, 0.717) is 6.20 Å². The number of nitrogens with two attached hydrogens (primary N) is 1. The molecule has 0 amide bonds. The predicted octanol–water partition coefficient (Wildman–Crippen LogP) is -1.93. The molecule has 9 N–H and O–H groups in total. The number of aromatic nitrogens is 4. The van der Waals surface area contributed by atoms with Crippen molar-refractivity contribution in [2.24, 2.45) is 0 Å². The topological polar surface area (TPSA) is 271 Å². The minimum Gasteiger partial charge on any atom is -0.394 e. The third-order valence-electron chi connectivity index (χ3n) is 5.29. The summed E-state index contributed by atoms with van der Waals surface area (Å²) in [6.07, 6.45) is -6.76. The summed E-state index contributed by atoms with van der Waals surface area (Å²) >= 11 is 5.74. The van der Waals surface area contributed by atoms with Gasteiger partial charge in [0.25, 0.3) is 5.56 Å². The van der Waals surface area contributed by atoms with Gasteiger partial charge in [-0.15, -0.1) is 0 Å². The Balaban J connectivity index is 0.000000440. The summed E-state index contributed by atoms with van der Waals surface area (Å²) in [4.78, 5) is 65.2. The molecule has 16 nitrogen and oxygen atoms in total. The van der Waals surface area contributed by atoms with Crippen LogP contribution in [0.3, 0.4) is 0 Å². The van der Waals surface area contributed by atoms with Gasteiger partial charge in [0.1, 0.15) is 18.0 Å². The molecule has 0 aliphatic carbocycles. The first-order chi connectivity index (χ1) is 20.3. The van der Waals surface area contributed by atoms with Crippen molar-refractivity contribution < 1.29 is 57.8 Å². The third kappa shape index (κ3) is 8.84.